The number of carbonyl (C=O) groups excluding carboxylic acids is 2. The summed E-state index contributed by atoms with van der Waals surface area (Å²) in [6.07, 6.45) is 0.715. The van der Waals surface area contributed by atoms with Crippen molar-refractivity contribution in [1.29, 1.82) is 0 Å². The molecule has 1 saturated carbocycles. The van der Waals surface area contributed by atoms with Crippen molar-refractivity contribution in [3.05, 3.63) is 29.8 Å². The molecule has 0 atom stereocenters. The Morgan fingerprint density at radius 1 is 1.32 bits per heavy atom. The molecule has 1 amide bonds. The van der Waals surface area contributed by atoms with Gasteiger partial charge in [0.2, 0.25) is 5.91 Å². The van der Waals surface area contributed by atoms with E-state index in [-0.39, 0.29) is 31.5 Å². The molecule has 0 aliphatic heterocycles. The largest absolute Gasteiger partial charge is 0.497 e. The highest BCUT2D eigenvalue weighted by atomic mass is 32.2. The summed E-state index contributed by atoms with van der Waals surface area (Å²) in [5.41, 5.74) is -0.626. The highest BCUT2D eigenvalue weighted by molar-refractivity contribution is 7.84. The van der Waals surface area contributed by atoms with Crippen LogP contribution in [0.2, 0.25) is 0 Å². The minimum Gasteiger partial charge on any atom is -0.497 e. The van der Waals surface area contributed by atoms with Crippen molar-refractivity contribution >= 4 is 22.0 Å². The van der Waals surface area contributed by atoms with E-state index in [1.54, 1.807) is 29.0 Å². The van der Waals surface area contributed by atoms with Crippen LogP contribution in [0.4, 0.5) is 0 Å². The Labute approximate surface area is 128 Å². The monoisotopic (exact) mass is 327 g/mol. The molecule has 2 N–H and O–H groups in total. The maximum absolute atomic E-state index is 12.4. The van der Waals surface area contributed by atoms with Crippen LogP contribution in [0, 0.1) is 0 Å². The van der Waals surface area contributed by atoms with Crippen molar-refractivity contribution < 1.29 is 27.3 Å². The Morgan fingerprint density at radius 2 is 1.95 bits per heavy atom. The van der Waals surface area contributed by atoms with Gasteiger partial charge in [0, 0.05) is 12.8 Å². The number of nitrogens with one attached hydrogen (secondary N) is 1. The summed E-state index contributed by atoms with van der Waals surface area (Å²) in [5.74, 6) is -0.289. The molecule has 0 heterocycles. The first-order valence-corrected chi connectivity index (χ1v) is 8.17. The molecule has 120 valence electrons. The number of ketones is 1. The first-order chi connectivity index (χ1) is 10.3. The maximum atomic E-state index is 12.4. The van der Waals surface area contributed by atoms with Gasteiger partial charge in [-0.15, -0.1) is 0 Å². The fraction of sp³-hybridized carbons (Fsp3) is 0.429. The average Bonchev–Trinajstić information content (AvgIpc) is 2.46. The van der Waals surface area contributed by atoms with E-state index in [1.165, 1.54) is 7.11 Å². The molecular weight excluding hydrogens is 310 g/mol. The molecule has 1 aromatic rings. The molecule has 22 heavy (non-hydrogen) atoms. The zero-order valence-corrected chi connectivity index (χ0v) is 12.9. The maximum Gasteiger partial charge on any atom is 0.359 e. The Balaban J connectivity index is 2.45. The van der Waals surface area contributed by atoms with Crippen molar-refractivity contribution in [2.24, 2.45) is 0 Å². The van der Waals surface area contributed by atoms with Crippen molar-refractivity contribution in [2.75, 3.05) is 7.11 Å². The molecule has 2 rings (SSSR count). The van der Waals surface area contributed by atoms with Gasteiger partial charge in [-0.3, -0.25) is 14.1 Å². The smallest absolute Gasteiger partial charge is 0.359 e. The Hall–Kier alpha value is -1.93. The number of rotatable bonds is 4. The topological polar surface area (TPSA) is 110 Å². The summed E-state index contributed by atoms with van der Waals surface area (Å²) >= 11 is 0. The van der Waals surface area contributed by atoms with Crippen molar-refractivity contribution in [2.45, 2.75) is 31.1 Å². The van der Waals surface area contributed by atoms with Crippen LogP contribution in [0.25, 0.3) is 0 Å². The van der Waals surface area contributed by atoms with Crippen molar-refractivity contribution in [1.82, 2.24) is 4.72 Å². The molecule has 0 unspecified atom stereocenters. The highest BCUT2D eigenvalue weighted by Gasteiger charge is 2.44. The van der Waals surface area contributed by atoms with Crippen LogP contribution in [-0.2, 0) is 25.3 Å². The SMILES string of the molecule is COc1cccc(C2(C(=O)NS(=O)(=O)O)CCC(=O)CC2)c1. The minimum absolute atomic E-state index is 0.0261. The Bertz CT molecular complexity index is 687. The zero-order valence-electron chi connectivity index (χ0n) is 12.0. The van der Waals surface area contributed by atoms with E-state index in [0.29, 0.717) is 11.3 Å². The summed E-state index contributed by atoms with van der Waals surface area (Å²) in [4.78, 5) is 23.9. The molecule has 7 nitrogen and oxygen atoms in total. The summed E-state index contributed by atoms with van der Waals surface area (Å²) in [5, 5.41) is 0. The lowest BCUT2D eigenvalue weighted by molar-refractivity contribution is -0.129. The van der Waals surface area contributed by atoms with Gasteiger partial charge in [0.1, 0.15) is 11.5 Å². The molecule has 1 aliphatic rings. The van der Waals surface area contributed by atoms with Crippen LogP contribution < -0.4 is 9.46 Å². The number of benzene rings is 1. The summed E-state index contributed by atoms with van der Waals surface area (Å²) in [7, 11) is -3.18. The minimum atomic E-state index is -4.66. The quantitative estimate of drug-likeness (QED) is 0.798. The predicted octanol–water partition coefficient (Wildman–Crippen LogP) is 0.995. The van der Waals surface area contributed by atoms with Gasteiger partial charge in [-0.1, -0.05) is 12.1 Å². The molecule has 0 bridgehead atoms. The number of hydrogen-bond acceptors (Lipinski definition) is 5. The van der Waals surface area contributed by atoms with E-state index in [9.17, 15) is 18.0 Å². The van der Waals surface area contributed by atoms with Crippen molar-refractivity contribution in [3.8, 4) is 5.75 Å². The van der Waals surface area contributed by atoms with Gasteiger partial charge in [-0.25, -0.2) is 4.72 Å². The van der Waals surface area contributed by atoms with E-state index in [4.69, 9.17) is 9.29 Å². The number of carbonyl (C=O) groups is 2. The normalized spacial score (nSPS) is 17.8. The van der Waals surface area contributed by atoms with Crippen LogP contribution in [0.1, 0.15) is 31.2 Å². The first-order valence-electron chi connectivity index (χ1n) is 6.73. The third-order valence-corrected chi connectivity index (χ3v) is 4.38. The summed E-state index contributed by atoms with van der Waals surface area (Å²) < 4.78 is 37.6. The molecule has 0 spiro atoms. The van der Waals surface area contributed by atoms with Crippen LogP contribution in [-0.4, -0.2) is 31.8 Å². The second-order valence-corrected chi connectivity index (χ2v) is 6.41. The van der Waals surface area contributed by atoms with Crippen molar-refractivity contribution in [3.63, 3.8) is 0 Å². The van der Waals surface area contributed by atoms with Gasteiger partial charge in [-0.05, 0) is 30.5 Å². The second-order valence-electron chi connectivity index (χ2n) is 5.26. The third kappa shape index (κ3) is 3.45. The van der Waals surface area contributed by atoms with E-state index in [2.05, 4.69) is 0 Å². The highest BCUT2D eigenvalue weighted by Crippen LogP contribution is 2.39. The molecule has 0 aromatic heterocycles. The van der Waals surface area contributed by atoms with Gasteiger partial charge in [0.25, 0.3) is 0 Å². The lowest BCUT2D eigenvalue weighted by Gasteiger charge is -2.35. The van der Waals surface area contributed by atoms with Gasteiger partial charge in [-0.2, -0.15) is 8.42 Å². The number of hydrogen-bond donors (Lipinski definition) is 2. The first kappa shape index (κ1) is 16.4. The van der Waals surface area contributed by atoms with Gasteiger partial charge in [0.15, 0.2) is 0 Å². The predicted molar refractivity (Wildman–Crippen MR) is 77.8 cm³/mol. The zero-order chi connectivity index (χ0) is 16.4. The van der Waals surface area contributed by atoms with Gasteiger partial charge < -0.3 is 4.74 Å². The summed E-state index contributed by atoms with van der Waals surface area (Å²) in [6, 6.07) is 6.71. The Morgan fingerprint density at radius 3 is 2.50 bits per heavy atom. The van der Waals surface area contributed by atoms with E-state index in [1.807, 2.05) is 0 Å². The molecule has 0 radical (unpaired) electrons. The molecular formula is C14H17NO6S. The van der Waals surface area contributed by atoms with Gasteiger partial charge in [0.05, 0.1) is 12.5 Å². The Kier molecular flexibility index (Phi) is 4.52. The van der Waals surface area contributed by atoms with E-state index < -0.39 is 21.6 Å². The molecule has 1 aliphatic carbocycles. The molecule has 0 saturated heterocycles. The fourth-order valence-corrected chi connectivity index (χ4v) is 3.17. The lowest BCUT2D eigenvalue weighted by Crippen LogP contribution is -2.48. The fourth-order valence-electron chi connectivity index (χ4n) is 2.74. The van der Waals surface area contributed by atoms with Crippen LogP contribution >= 0.6 is 0 Å². The van der Waals surface area contributed by atoms with E-state index >= 15 is 0 Å². The third-order valence-electron chi connectivity index (χ3n) is 3.94. The second kappa shape index (κ2) is 6.05. The van der Waals surface area contributed by atoms with E-state index in [0.717, 1.165) is 0 Å². The van der Waals surface area contributed by atoms with Crippen LogP contribution in [0.15, 0.2) is 24.3 Å². The molecule has 1 fully saturated rings. The number of ether oxygens (including phenoxy) is 1. The number of methoxy groups -OCH3 is 1. The molecule has 8 heteroatoms. The standard InChI is InChI=1S/C14H17NO6S/c1-21-12-4-2-3-10(9-12)14(7-5-11(16)6-8-14)13(17)15-22(18,19)20/h2-4,9H,5-8H2,1H3,(H,15,17)(H,18,19,20). The lowest BCUT2D eigenvalue weighted by atomic mass is 9.68. The average molecular weight is 327 g/mol. The number of amides is 1. The molecule has 1 aromatic carbocycles. The van der Waals surface area contributed by atoms with Crippen LogP contribution in [0.5, 0.6) is 5.75 Å². The summed E-state index contributed by atoms with van der Waals surface area (Å²) in [6.45, 7) is 0. The van der Waals surface area contributed by atoms with Crippen LogP contribution in [0.3, 0.4) is 0 Å². The van der Waals surface area contributed by atoms with Gasteiger partial charge >= 0.3 is 10.3 Å². The number of Topliss-reactive ketones (excluding diaryl/α,β-unsaturated/α-hetero) is 1.